The molecule has 0 N–H and O–H groups in total. The second-order valence-corrected chi connectivity index (χ2v) is 5.32. The van der Waals surface area contributed by atoms with E-state index in [-0.39, 0.29) is 5.78 Å². The maximum atomic E-state index is 11.1. The van der Waals surface area contributed by atoms with Crippen molar-refractivity contribution in [1.29, 1.82) is 0 Å². The van der Waals surface area contributed by atoms with Gasteiger partial charge in [0.1, 0.15) is 0 Å². The largest absolute Gasteiger partial charge is 0.295 e. The third-order valence-corrected chi connectivity index (χ3v) is 3.51. The summed E-state index contributed by atoms with van der Waals surface area (Å²) in [5.74, 6) is 0.115. The second kappa shape index (κ2) is 3.24. The number of halogens is 1. The highest BCUT2D eigenvalue weighted by Crippen LogP contribution is 2.30. The van der Waals surface area contributed by atoms with Gasteiger partial charge >= 0.3 is 0 Å². The van der Waals surface area contributed by atoms with E-state index in [2.05, 4.69) is 15.9 Å². The molecular formula is C10H7BrOS. The van der Waals surface area contributed by atoms with Gasteiger partial charge in [-0.1, -0.05) is 0 Å². The summed E-state index contributed by atoms with van der Waals surface area (Å²) in [6, 6.07) is 7.82. The molecule has 13 heavy (non-hydrogen) atoms. The first-order valence-corrected chi connectivity index (χ1v) is 5.48. The standard InChI is InChI=1S/C10H7BrOS/c1-6(12)7-2-3-9-8(4-7)5-10(11)13-9/h2-5H,1H3. The Morgan fingerprint density at radius 2 is 2.15 bits per heavy atom. The van der Waals surface area contributed by atoms with E-state index in [9.17, 15) is 4.79 Å². The van der Waals surface area contributed by atoms with Crippen molar-refractivity contribution in [3.63, 3.8) is 0 Å². The molecule has 1 aromatic carbocycles. The van der Waals surface area contributed by atoms with E-state index in [4.69, 9.17) is 0 Å². The van der Waals surface area contributed by atoms with Crippen LogP contribution in [-0.2, 0) is 0 Å². The number of fused-ring (bicyclic) bond motifs is 1. The fraction of sp³-hybridized carbons (Fsp3) is 0.100. The first kappa shape index (κ1) is 8.91. The summed E-state index contributed by atoms with van der Waals surface area (Å²) in [6.45, 7) is 1.59. The van der Waals surface area contributed by atoms with Crippen molar-refractivity contribution in [2.45, 2.75) is 6.92 Å². The molecule has 0 aliphatic carbocycles. The van der Waals surface area contributed by atoms with E-state index in [0.717, 1.165) is 14.7 Å². The van der Waals surface area contributed by atoms with Crippen LogP contribution in [0.3, 0.4) is 0 Å². The molecule has 0 aliphatic rings. The Kier molecular flexibility index (Phi) is 2.22. The number of Topliss-reactive ketones (excluding diaryl/α,β-unsaturated/α-hetero) is 1. The van der Waals surface area contributed by atoms with E-state index < -0.39 is 0 Å². The minimum absolute atomic E-state index is 0.115. The summed E-state index contributed by atoms with van der Waals surface area (Å²) < 4.78 is 2.31. The first-order chi connectivity index (χ1) is 6.16. The lowest BCUT2D eigenvalue weighted by atomic mass is 10.1. The van der Waals surface area contributed by atoms with E-state index in [1.807, 2.05) is 24.3 Å². The highest BCUT2D eigenvalue weighted by molar-refractivity contribution is 9.11. The number of hydrogen-bond donors (Lipinski definition) is 0. The summed E-state index contributed by atoms with van der Waals surface area (Å²) in [5.41, 5.74) is 0.776. The van der Waals surface area contributed by atoms with Crippen LogP contribution in [0.4, 0.5) is 0 Å². The van der Waals surface area contributed by atoms with Gasteiger partial charge in [0.2, 0.25) is 0 Å². The lowest BCUT2D eigenvalue weighted by Gasteiger charge is -1.94. The number of benzene rings is 1. The third-order valence-electron chi connectivity index (χ3n) is 1.89. The average molecular weight is 255 g/mol. The Bertz CT molecular complexity index is 473. The number of thiophene rings is 1. The fourth-order valence-corrected chi connectivity index (χ4v) is 2.77. The maximum absolute atomic E-state index is 11.1. The molecule has 1 nitrogen and oxygen atoms in total. The molecular weight excluding hydrogens is 248 g/mol. The van der Waals surface area contributed by atoms with Gasteiger partial charge in [-0.2, -0.15) is 0 Å². The molecule has 0 spiro atoms. The highest BCUT2D eigenvalue weighted by atomic mass is 79.9. The summed E-state index contributed by atoms with van der Waals surface area (Å²) in [5, 5.41) is 1.13. The lowest BCUT2D eigenvalue weighted by Crippen LogP contribution is -1.89. The monoisotopic (exact) mass is 254 g/mol. The van der Waals surface area contributed by atoms with Crippen molar-refractivity contribution in [1.82, 2.24) is 0 Å². The number of carbonyl (C=O) groups is 1. The van der Waals surface area contributed by atoms with Crippen LogP contribution in [0, 0.1) is 0 Å². The molecule has 0 saturated heterocycles. The van der Waals surface area contributed by atoms with Gasteiger partial charge in [-0.05, 0) is 52.5 Å². The average Bonchev–Trinajstić information content (AvgIpc) is 2.42. The zero-order valence-electron chi connectivity index (χ0n) is 7.00. The van der Waals surface area contributed by atoms with Gasteiger partial charge in [0, 0.05) is 10.3 Å². The normalized spacial score (nSPS) is 10.6. The zero-order valence-corrected chi connectivity index (χ0v) is 9.41. The molecule has 66 valence electrons. The molecule has 0 fully saturated rings. The molecule has 0 aliphatic heterocycles. The molecule has 0 radical (unpaired) electrons. The predicted molar refractivity (Wildman–Crippen MR) is 59.5 cm³/mol. The first-order valence-electron chi connectivity index (χ1n) is 3.87. The van der Waals surface area contributed by atoms with Crippen LogP contribution in [0.5, 0.6) is 0 Å². The Hall–Kier alpha value is -0.670. The molecule has 0 bridgehead atoms. The molecule has 0 atom stereocenters. The van der Waals surface area contributed by atoms with Crippen LogP contribution in [-0.4, -0.2) is 5.78 Å². The van der Waals surface area contributed by atoms with Crippen molar-refractivity contribution < 1.29 is 4.79 Å². The minimum atomic E-state index is 0.115. The van der Waals surface area contributed by atoms with Gasteiger partial charge < -0.3 is 0 Å². The smallest absolute Gasteiger partial charge is 0.159 e. The van der Waals surface area contributed by atoms with Crippen molar-refractivity contribution in [2.24, 2.45) is 0 Å². The van der Waals surface area contributed by atoms with Gasteiger partial charge in [-0.15, -0.1) is 11.3 Å². The topological polar surface area (TPSA) is 17.1 Å². The van der Waals surface area contributed by atoms with Crippen molar-refractivity contribution in [3.05, 3.63) is 33.6 Å². The number of hydrogen-bond acceptors (Lipinski definition) is 2. The summed E-state index contributed by atoms with van der Waals surface area (Å²) in [6.07, 6.45) is 0. The lowest BCUT2D eigenvalue weighted by molar-refractivity contribution is 0.101. The van der Waals surface area contributed by atoms with E-state index >= 15 is 0 Å². The van der Waals surface area contributed by atoms with Gasteiger partial charge in [0.25, 0.3) is 0 Å². The molecule has 2 aromatic rings. The third kappa shape index (κ3) is 1.67. The number of rotatable bonds is 1. The van der Waals surface area contributed by atoms with Crippen LogP contribution < -0.4 is 0 Å². The van der Waals surface area contributed by atoms with Crippen LogP contribution in [0.2, 0.25) is 0 Å². The van der Waals surface area contributed by atoms with Gasteiger partial charge in [0.15, 0.2) is 5.78 Å². The highest BCUT2D eigenvalue weighted by Gasteiger charge is 2.03. The summed E-state index contributed by atoms with van der Waals surface area (Å²) in [4.78, 5) is 11.1. The van der Waals surface area contributed by atoms with Gasteiger partial charge in [-0.3, -0.25) is 4.79 Å². The maximum Gasteiger partial charge on any atom is 0.159 e. The van der Waals surface area contributed by atoms with Crippen LogP contribution in [0.25, 0.3) is 10.1 Å². The van der Waals surface area contributed by atoms with Gasteiger partial charge in [-0.25, -0.2) is 0 Å². The van der Waals surface area contributed by atoms with Crippen molar-refractivity contribution in [2.75, 3.05) is 0 Å². The van der Waals surface area contributed by atoms with E-state index in [0.29, 0.717) is 0 Å². The predicted octanol–water partition coefficient (Wildman–Crippen LogP) is 3.87. The van der Waals surface area contributed by atoms with E-state index in [1.165, 1.54) is 4.70 Å². The molecule has 1 heterocycles. The minimum Gasteiger partial charge on any atom is -0.295 e. The zero-order chi connectivity index (χ0) is 9.42. The molecule has 0 unspecified atom stereocenters. The summed E-state index contributed by atoms with van der Waals surface area (Å²) >= 11 is 5.10. The molecule has 0 amide bonds. The summed E-state index contributed by atoms with van der Waals surface area (Å²) in [7, 11) is 0. The molecule has 0 saturated carbocycles. The fourth-order valence-electron chi connectivity index (χ4n) is 1.23. The number of carbonyl (C=O) groups excluding carboxylic acids is 1. The van der Waals surface area contributed by atoms with Crippen molar-refractivity contribution in [3.8, 4) is 0 Å². The molecule has 2 rings (SSSR count). The Balaban J connectivity index is 2.67. The van der Waals surface area contributed by atoms with Crippen molar-refractivity contribution >= 4 is 43.1 Å². The second-order valence-electron chi connectivity index (χ2n) is 2.86. The molecule has 1 aromatic heterocycles. The van der Waals surface area contributed by atoms with Crippen LogP contribution >= 0.6 is 27.3 Å². The van der Waals surface area contributed by atoms with Crippen LogP contribution in [0.1, 0.15) is 17.3 Å². The SMILES string of the molecule is CC(=O)c1ccc2sc(Br)cc2c1. The van der Waals surface area contributed by atoms with Crippen LogP contribution in [0.15, 0.2) is 28.1 Å². The Morgan fingerprint density at radius 3 is 2.85 bits per heavy atom. The van der Waals surface area contributed by atoms with Gasteiger partial charge in [0.05, 0.1) is 3.79 Å². The number of ketones is 1. The Morgan fingerprint density at radius 1 is 1.38 bits per heavy atom. The Labute approximate surface area is 88.5 Å². The van der Waals surface area contributed by atoms with E-state index in [1.54, 1.807) is 18.3 Å². The molecule has 3 heteroatoms. The quantitative estimate of drug-likeness (QED) is 0.707.